The molecule has 1 rings (SSSR count). The van der Waals surface area contributed by atoms with Crippen LogP contribution >= 0.6 is 15.9 Å². The van der Waals surface area contributed by atoms with Crippen LogP contribution in [0.3, 0.4) is 0 Å². The summed E-state index contributed by atoms with van der Waals surface area (Å²) >= 11 is 3.39. The highest BCUT2D eigenvalue weighted by molar-refractivity contribution is 9.10. The molecule has 1 atom stereocenters. The van der Waals surface area contributed by atoms with Gasteiger partial charge >= 0.3 is 5.97 Å². The maximum absolute atomic E-state index is 11.9. The molecule has 1 aromatic carbocycles. The van der Waals surface area contributed by atoms with Gasteiger partial charge in [0, 0.05) is 13.5 Å². The van der Waals surface area contributed by atoms with E-state index >= 15 is 0 Å². The lowest BCUT2D eigenvalue weighted by atomic mass is 10.1. The highest BCUT2D eigenvalue weighted by Crippen LogP contribution is 2.26. The van der Waals surface area contributed by atoms with Crippen molar-refractivity contribution in [3.63, 3.8) is 0 Å². The largest absolute Gasteiger partial charge is 0.496 e. The van der Waals surface area contributed by atoms with E-state index in [1.54, 1.807) is 7.11 Å². The number of ether oxygens (including phenoxy) is 1. The van der Waals surface area contributed by atoms with Gasteiger partial charge in [-0.2, -0.15) is 0 Å². The van der Waals surface area contributed by atoms with E-state index in [4.69, 9.17) is 9.84 Å². The molecule has 1 aromatic rings. The first kappa shape index (κ1) is 16.5. The molecular weight excluding hydrogens is 326 g/mol. The lowest BCUT2D eigenvalue weighted by Crippen LogP contribution is -2.40. The Balaban J connectivity index is 2.61. The maximum atomic E-state index is 11.9. The summed E-state index contributed by atoms with van der Waals surface area (Å²) in [6.07, 6.45) is 0.824. The van der Waals surface area contributed by atoms with E-state index in [1.807, 2.05) is 18.2 Å². The van der Waals surface area contributed by atoms with E-state index in [-0.39, 0.29) is 12.3 Å². The van der Waals surface area contributed by atoms with Gasteiger partial charge in [0.15, 0.2) is 0 Å². The topological polar surface area (TPSA) is 66.8 Å². The van der Waals surface area contributed by atoms with Crippen LogP contribution in [0.5, 0.6) is 5.75 Å². The number of halogens is 1. The van der Waals surface area contributed by atoms with Crippen molar-refractivity contribution in [2.75, 3.05) is 14.2 Å². The van der Waals surface area contributed by atoms with E-state index in [0.717, 1.165) is 15.8 Å². The number of aryl methyl sites for hydroxylation is 1. The van der Waals surface area contributed by atoms with Crippen molar-refractivity contribution in [3.8, 4) is 5.75 Å². The van der Waals surface area contributed by atoms with E-state index in [9.17, 15) is 9.59 Å². The van der Waals surface area contributed by atoms with Crippen LogP contribution in [-0.2, 0) is 16.0 Å². The van der Waals surface area contributed by atoms with E-state index < -0.39 is 12.0 Å². The van der Waals surface area contributed by atoms with Gasteiger partial charge < -0.3 is 14.7 Å². The van der Waals surface area contributed by atoms with Crippen LogP contribution < -0.4 is 4.74 Å². The van der Waals surface area contributed by atoms with Gasteiger partial charge in [-0.05, 0) is 47.0 Å². The smallest absolute Gasteiger partial charge is 0.326 e. The number of carbonyl (C=O) groups is 2. The predicted octanol–water partition coefficient (Wildman–Crippen LogP) is 2.32. The molecule has 6 heteroatoms. The lowest BCUT2D eigenvalue weighted by Gasteiger charge is -2.21. The number of carbonyl (C=O) groups excluding carboxylic acids is 1. The second kappa shape index (κ2) is 7.28. The van der Waals surface area contributed by atoms with Gasteiger partial charge in [0.1, 0.15) is 11.8 Å². The second-order valence-electron chi connectivity index (χ2n) is 4.49. The number of carboxylic acid groups (broad SMARTS) is 1. The quantitative estimate of drug-likeness (QED) is 0.860. The minimum absolute atomic E-state index is 0.188. The minimum atomic E-state index is -1.01. The van der Waals surface area contributed by atoms with Crippen molar-refractivity contribution >= 4 is 27.8 Å². The number of benzene rings is 1. The van der Waals surface area contributed by atoms with Gasteiger partial charge in [-0.25, -0.2) is 4.79 Å². The van der Waals surface area contributed by atoms with E-state index in [2.05, 4.69) is 15.9 Å². The normalized spacial score (nSPS) is 11.8. The standard InChI is InChI=1S/C14H18BrNO4/c1-9(14(18)19)16(2)13(17)7-5-10-4-6-12(20-3)11(15)8-10/h4,6,8-9H,5,7H2,1-3H3,(H,18,19). The third kappa shape index (κ3) is 4.23. The first-order chi connectivity index (χ1) is 9.36. The summed E-state index contributed by atoms with van der Waals surface area (Å²) < 4.78 is 5.97. The van der Waals surface area contributed by atoms with Gasteiger partial charge in [-0.15, -0.1) is 0 Å². The molecule has 0 saturated heterocycles. The number of nitrogens with zero attached hydrogens (tertiary/aromatic N) is 1. The molecule has 0 aliphatic carbocycles. The van der Waals surface area contributed by atoms with Crippen molar-refractivity contribution in [1.29, 1.82) is 0 Å². The Hall–Kier alpha value is -1.56. The summed E-state index contributed by atoms with van der Waals surface area (Å²) in [7, 11) is 3.09. The Bertz CT molecular complexity index is 504. The summed E-state index contributed by atoms with van der Waals surface area (Å²) in [5.74, 6) is -0.462. The van der Waals surface area contributed by atoms with Gasteiger partial charge in [-0.1, -0.05) is 6.07 Å². The summed E-state index contributed by atoms with van der Waals surface area (Å²) in [6, 6.07) is 4.79. The first-order valence-electron chi connectivity index (χ1n) is 6.17. The minimum Gasteiger partial charge on any atom is -0.496 e. The van der Waals surface area contributed by atoms with Crippen molar-refractivity contribution in [2.24, 2.45) is 0 Å². The van der Waals surface area contributed by atoms with Gasteiger partial charge in [-0.3, -0.25) is 4.79 Å². The number of rotatable bonds is 6. The van der Waals surface area contributed by atoms with Crippen molar-refractivity contribution in [2.45, 2.75) is 25.8 Å². The highest BCUT2D eigenvalue weighted by atomic mass is 79.9. The first-order valence-corrected chi connectivity index (χ1v) is 6.97. The average Bonchev–Trinajstić information content (AvgIpc) is 2.43. The van der Waals surface area contributed by atoms with Crippen LogP contribution in [0.25, 0.3) is 0 Å². The molecule has 20 heavy (non-hydrogen) atoms. The Kier molecular flexibility index (Phi) is 6.01. The third-order valence-corrected chi connectivity index (χ3v) is 3.80. The van der Waals surface area contributed by atoms with Gasteiger partial charge in [0.2, 0.25) is 5.91 Å². The number of likely N-dealkylation sites (N-methyl/N-ethyl adjacent to an activating group) is 1. The third-order valence-electron chi connectivity index (χ3n) is 3.18. The number of hydrogen-bond acceptors (Lipinski definition) is 3. The maximum Gasteiger partial charge on any atom is 0.326 e. The average molecular weight is 344 g/mol. The molecule has 0 aromatic heterocycles. The van der Waals surface area contributed by atoms with Gasteiger partial charge in [0.05, 0.1) is 11.6 Å². The van der Waals surface area contributed by atoms with Crippen LogP contribution in [0, 0.1) is 0 Å². The summed E-state index contributed by atoms with van der Waals surface area (Å²) in [6.45, 7) is 1.49. The molecule has 1 N–H and O–H groups in total. The van der Waals surface area contributed by atoms with E-state index in [1.165, 1.54) is 18.9 Å². The predicted molar refractivity (Wildman–Crippen MR) is 78.9 cm³/mol. The molecule has 0 spiro atoms. The number of hydrogen-bond donors (Lipinski definition) is 1. The van der Waals surface area contributed by atoms with Crippen molar-refractivity contribution < 1.29 is 19.4 Å². The van der Waals surface area contributed by atoms with E-state index in [0.29, 0.717) is 6.42 Å². The van der Waals surface area contributed by atoms with Crippen LogP contribution in [0.1, 0.15) is 18.9 Å². The van der Waals surface area contributed by atoms with Crippen molar-refractivity contribution in [3.05, 3.63) is 28.2 Å². The SMILES string of the molecule is COc1ccc(CCC(=O)N(C)C(C)C(=O)O)cc1Br. The molecule has 5 nitrogen and oxygen atoms in total. The summed E-state index contributed by atoms with van der Waals surface area (Å²) in [5, 5.41) is 8.87. The van der Waals surface area contributed by atoms with Crippen LogP contribution in [0.2, 0.25) is 0 Å². The number of amides is 1. The molecule has 110 valence electrons. The molecule has 0 fully saturated rings. The molecule has 0 saturated carbocycles. The fraction of sp³-hybridized carbons (Fsp3) is 0.429. The van der Waals surface area contributed by atoms with Crippen LogP contribution in [-0.4, -0.2) is 42.1 Å². The highest BCUT2D eigenvalue weighted by Gasteiger charge is 2.21. The number of aliphatic carboxylic acids is 1. The fourth-order valence-corrected chi connectivity index (χ4v) is 2.26. The van der Waals surface area contributed by atoms with Gasteiger partial charge in [0.25, 0.3) is 0 Å². The Morgan fingerprint density at radius 2 is 2.10 bits per heavy atom. The number of carboxylic acids is 1. The fourth-order valence-electron chi connectivity index (χ4n) is 1.67. The molecule has 1 unspecified atom stereocenters. The zero-order chi connectivity index (χ0) is 15.3. The zero-order valence-corrected chi connectivity index (χ0v) is 13.3. The molecule has 0 radical (unpaired) electrons. The second-order valence-corrected chi connectivity index (χ2v) is 5.34. The van der Waals surface area contributed by atoms with Crippen LogP contribution in [0.4, 0.5) is 0 Å². The Labute approximate surface area is 126 Å². The molecule has 0 heterocycles. The molecule has 0 aliphatic heterocycles. The van der Waals surface area contributed by atoms with Crippen molar-refractivity contribution in [1.82, 2.24) is 4.90 Å². The number of methoxy groups -OCH3 is 1. The molecule has 1 amide bonds. The zero-order valence-electron chi connectivity index (χ0n) is 11.7. The van der Waals surface area contributed by atoms with Crippen LogP contribution in [0.15, 0.2) is 22.7 Å². The Morgan fingerprint density at radius 3 is 2.60 bits per heavy atom. The monoisotopic (exact) mass is 343 g/mol. The lowest BCUT2D eigenvalue weighted by molar-refractivity contribution is -0.148. The molecule has 0 aliphatic rings. The Morgan fingerprint density at radius 1 is 1.45 bits per heavy atom. The molecule has 0 bridgehead atoms. The summed E-state index contributed by atoms with van der Waals surface area (Å²) in [4.78, 5) is 24.0. The summed E-state index contributed by atoms with van der Waals surface area (Å²) in [5.41, 5.74) is 0.988. The molecular formula is C14H18BrNO4.